The maximum atomic E-state index is 12.9. The van der Waals surface area contributed by atoms with E-state index in [0.29, 0.717) is 5.56 Å². The summed E-state index contributed by atoms with van der Waals surface area (Å²) in [5, 5.41) is 0. The van der Waals surface area contributed by atoms with Gasteiger partial charge in [-0.05, 0) is 30.5 Å². The first-order chi connectivity index (χ1) is 6.19. The molecule has 0 aliphatic carbocycles. The fraction of sp³-hybridized carbons (Fsp3) is 0.400. The maximum absolute atomic E-state index is 12.9. The third-order valence-electron chi connectivity index (χ3n) is 2.19. The second-order valence-corrected chi connectivity index (χ2v) is 3.14. The van der Waals surface area contributed by atoms with Gasteiger partial charge in [-0.15, -0.1) is 0 Å². The maximum Gasteiger partial charge on any atom is 0.126 e. The quantitative estimate of drug-likeness (QED) is 0.554. The average Bonchev–Trinajstić information content (AvgIpc) is 2.13. The Labute approximate surface area is 77.9 Å². The highest BCUT2D eigenvalue weighted by Crippen LogP contribution is 2.18. The zero-order valence-electron chi connectivity index (χ0n) is 7.97. The molecule has 1 aromatic rings. The van der Waals surface area contributed by atoms with Crippen molar-refractivity contribution in [3.63, 3.8) is 0 Å². The van der Waals surface area contributed by atoms with Crippen LogP contribution in [0.1, 0.15) is 30.5 Å². The number of hydrazine groups is 1. The summed E-state index contributed by atoms with van der Waals surface area (Å²) in [5.41, 5.74) is 4.38. The topological polar surface area (TPSA) is 38.0 Å². The van der Waals surface area contributed by atoms with Crippen molar-refractivity contribution in [3.8, 4) is 0 Å². The minimum absolute atomic E-state index is 0.110. The van der Waals surface area contributed by atoms with Gasteiger partial charge in [-0.2, -0.15) is 0 Å². The van der Waals surface area contributed by atoms with Gasteiger partial charge in [-0.25, -0.2) is 4.39 Å². The van der Waals surface area contributed by atoms with Crippen molar-refractivity contribution in [1.29, 1.82) is 0 Å². The molecule has 0 amide bonds. The van der Waals surface area contributed by atoms with Crippen molar-refractivity contribution < 1.29 is 4.39 Å². The summed E-state index contributed by atoms with van der Waals surface area (Å²) >= 11 is 0. The summed E-state index contributed by atoms with van der Waals surface area (Å²) in [4.78, 5) is 0. The Bertz CT molecular complexity index is 282. The molecule has 0 fully saturated rings. The highest BCUT2D eigenvalue weighted by atomic mass is 19.1. The molecule has 0 aliphatic rings. The first-order valence-electron chi connectivity index (χ1n) is 4.41. The molecule has 3 heteroatoms. The molecule has 1 unspecified atom stereocenters. The van der Waals surface area contributed by atoms with Gasteiger partial charge in [0, 0.05) is 6.04 Å². The molecule has 0 saturated carbocycles. The van der Waals surface area contributed by atoms with E-state index in [2.05, 4.69) is 5.43 Å². The lowest BCUT2D eigenvalue weighted by Crippen LogP contribution is -2.27. The first kappa shape index (κ1) is 10.2. The molecule has 1 aromatic carbocycles. The van der Waals surface area contributed by atoms with Crippen molar-refractivity contribution in [2.24, 2.45) is 5.84 Å². The van der Waals surface area contributed by atoms with E-state index in [1.165, 1.54) is 6.07 Å². The van der Waals surface area contributed by atoms with Crippen molar-refractivity contribution in [1.82, 2.24) is 5.43 Å². The summed E-state index contributed by atoms with van der Waals surface area (Å²) < 4.78 is 12.9. The molecule has 0 saturated heterocycles. The van der Waals surface area contributed by atoms with Gasteiger partial charge in [0.25, 0.3) is 0 Å². The molecule has 0 radical (unpaired) electrons. The molecule has 0 spiro atoms. The molecule has 0 aliphatic heterocycles. The smallest absolute Gasteiger partial charge is 0.126 e. The van der Waals surface area contributed by atoms with E-state index < -0.39 is 0 Å². The summed E-state index contributed by atoms with van der Waals surface area (Å²) in [6.07, 6.45) is 0.890. The molecule has 2 nitrogen and oxygen atoms in total. The van der Waals surface area contributed by atoms with Crippen LogP contribution in [0.5, 0.6) is 0 Å². The first-order valence-corrected chi connectivity index (χ1v) is 4.41. The molecular weight excluding hydrogens is 167 g/mol. The van der Waals surface area contributed by atoms with Crippen LogP contribution in [0.4, 0.5) is 4.39 Å². The number of nitrogens with one attached hydrogen (secondary N) is 1. The number of nitrogens with two attached hydrogens (primary N) is 1. The van der Waals surface area contributed by atoms with E-state index in [-0.39, 0.29) is 11.9 Å². The lowest BCUT2D eigenvalue weighted by molar-refractivity contribution is 0.536. The molecule has 0 heterocycles. The second-order valence-electron chi connectivity index (χ2n) is 3.14. The predicted molar refractivity (Wildman–Crippen MR) is 51.5 cm³/mol. The van der Waals surface area contributed by atoms with E-state index in [1.54, 1.807) is 13.0 Å². The minimum Gasteiger partial charge on any atom is -0.271 e. The van der Waals surface area contributed by atoms with Crippen LogP contribution in [0.15, 0.2) is 18.2 Å². The molecule has 0 bridgehead atoms. The molecule has 13 heavy (non-hydrogen) atoms. The van der Waals surface area contributed by atoms with Crippen LogP contribution >= 0.6 is 0 Å². The van der Waals surface area contributed by atoms with E-state index in [4.69, 9.17) is 5.84 Å². The van der Waals surface area contributed by atoms with Crippen molar-refractivity contribution >= 4 is 0 Å². The lowest BCUT2D eigenvalue weighted by Gasteiger charge is -2.14. The van der Waals surface area contributed by atoms with Crippen LogP contribution in [0.3, 0.4) is 0 Å². The predicted octanol–water partition coefficient (Wildman–Crippen LogP) is 2.05. The van der Waals surface area contributed by atoms with Crippen molar-refractivity contribution in [2.45, 2.75) is 26.3 Å². The Hall–Kier alpha value is -0.930. The fourth-order valence-corrected chi connectivity index (χ4v) is 1.33. The van der Waals surface area contributed by atoms with Gasteiger partial charge in [0.1, 0.15) is 5.82 Å². The van der Waals surface area contributed by atoms with Gasteiger partial charge in [-0.1, -0.05) is 19.1 Å². The van der Waals surface area contributed by atoms with Crippen LogP contribution in [-0.2, 0) is 0 Å². The number of hydrogen-bond acceptors (Lipinski definition) is 2. The van der Waals surface area contributed by atoms with E-state index >= 15 is 0 Å². The normalized spacial score (nSPS) is 12.9. The number of aryl methyl sites for hydroxylation is 1. The molecule has 1 atom stereocenters. The molecular formula is C10H15FN2. The Kier molecular flexibility index (Phi) is 3.39. The van der Waals surface area contributed by atoms with Gasteiger partial charge < -0.3 is 0 Å². The standard InChI is InChI=1S/C10H15FN2/c1-3-10(13-12)8-4-5-9(11)7(2)6-8/h4-6,10,13H,3,12H2,1-2H3. The lowest BCUT2D eigenvalue weighted by atomic mass is 10.0. The van der Waals surface area contributed by atoms with Crippen LogP contribution in [0.25, 0.3) is 0 Å². The van der Waals surface area contributed by atoms with Crippen LogP contribution in [-0.4, -0.2) is 0 Å². The van der Waals surface area contributed by atoms with Gasteiger partial charge >= 0.3 is 0 Å². The molecule has 0 aromatic heterocycles. The zero-order valence-corrected chi connectivity index (χ0v) is 7.97. The monoisotopic (exact) mass is 182 g/mol. The molecule has 72 valence electrons. The minimum atomic E-state index is -0.171. The van der Waals surface area contributed by atoms with Gasteiger partial charge in [0.05, 0.1) is 0 Å². The third kappa shape index (κ3) is 2.26. The SMILES string of the molecule is CCC(NN)c1ccc(F)c(C)c1. The highest BCUT2D eigenvalue weighted by Gasteiger charge is 2.07. The number of rotatable bonds is 3. The average molecular weight is 182 g/mol. The fourth-order valence-electron chi connectivity index (χ4n) is 1.33. The van der Waals surface area contributed by atoms with Crippen LogP contribution < -0.4 is 11.3 Å². The summed E-state index contributed by atoms with van der Waals surface area (Å²) in [6.45, 7) is 3.78. The number of benzene rings is 1. The van der Waals surface area contributed by atoms with Crippen LogP contribution in [0.2, 0.25) is 0 Å². The number of halogens is 1. The van der Waals surface area contributed by atoms with E-state index in [0.717, 1.165) is 12.0 Å². The van der Waals surface area contributed by atoms with Crippen molar-refractivity contribution in [3.05, 3.63) is 35.1 Å². The van der Waals surface area contributed by atoms with E-state index in [9.17, 15) is 4.39 Å². The van der Waals surface area contributed by atoms with Gasteiger partial charge in [0.2, 0.25) is 0 Å². The summed E-state index contributed by atoms with van der Waals surface area (Å²) in [5.74, 6) is 5.19. The zero-order chi connectivity index (χ0) is 9.84. The summed E-state index contributed by atoms with van der Waals surface area (Å²) in [7, 11) is 0. The van der Waals surface area contributed by atoms with Gasteiger partial charge in [-0.3, -0.25) is 11.3 Å². The third-order valence-corrected chi connectivity index (χ3v) is 2.19. The Morgan fingerprint density at radius 3 is 2.69 bits per heavy atom. The second kappa shape index (κ2) is 4.35. The van der Waals surface area contributed by atoms with Crippen molar-refractivity contribution in [2.75, 3.05) is 0 Å². The summed E-state index contributed by atoms with van der Waals surface area (Å²) in [6, 6.07) is 5.17. The largest absolute Gasteiger partial charge is 0.271 e. The van der Waals surface area contributed by atoms with Gasteiger partial charge in [0.15, 0.2) is 0 Å². The number of hydrogen-bond donors (Lipinski definition) is 2. The Balaban J connectivity index is 2.95. The van der Waals surface area contributed by atoms with Crippen LogP contribution in [0, 0.1) is 12.7 Å². The molecule has 1 rings (SSSR count). The van der Waals surface area contributed by atoms with E-state index in [1.807, 2.05) is 13.0 Å². The molecule has 3 N–H and O–H groups in total. The Morgan fingerprint density at radius 2 is 2.23 bits per heavy atom. The Morgan fingerprint density at radius 1 is 1.54 bits per heavy atom. The highest BCUT2D eigenvalue weighted by molar-refractivity contribution is 5.26.